The van der Waals surface area contributed by atoms with E-state index in [1.54, 1.807) is 0 Å². The molecule has 2 rings (SSSR count). The minimum Gasteiger partial charge on any atom is -0.321 e. The van der Waals surface area contributed by atoms with Crippen LogP contribution in [0, 0.1) is 0 Å². The van der Waals surface area contributed by atoms with Crippen LogP contribution in [0.25, 0.3) is 0 Å². The molecule has 0 saturated carbocycles. The van der Waals surface area contributed by atoms with Crippen molar-refractivity contribution in [2.24, 2.45) is 5.73 Å². The molecule has 0 aliphatic carbocycles. The Bertz CT molecular complexity index is 369. The molecule has 0 aliphatic heterocycles. The summed E-state index contributed by atoms with van der Waals surface area (Å²) >= 11 is 0. The molecule has 1 aromatic carbocycles. The summed E-state index contributed by atoms with van der Waals surface area (Å²) in [6, 6.07) is 9.80. The maximum Gasteiger partial charge on any atom is 0.191 e. The molecule has 14 heavy (non-hydrogen) atoms. The highest BCUT2D eigenvalue weighted by atomic mass is 15.5. The van der Waals surface area contributed by atoms with E-state index >= 15 is 0 Å². The molecule has 0 bridgehead atoms. The van der Waals surface area contributed by atoms with E-state index in [9.17, 15) is 0 Å². The second-order valence-corrected chi connectivity index (χ2v) is 3.07. The largest absolute Gasteiger partial charge is 0.321 e. The second-order valence-electron chi connectivity index (χ2n) is 3.07. The van der Waals surface area contributed by atoms with E-state index in [0.29, 0.717) is 5.82 Å². The molecule has 5 nitrogen and oxygen atoms in total. The molecule has 1 atom stereocenters. The second kappa shape index (κ2) is 3.97. The van der Waals surface area contributed by atoms with Gasteiger partial charge in [0.05, 0.1) is 6.04 Å². The van der Waals surface area contributed by atoms with Gasteiger partial charge in [-0.05, 0) is 12.0 Å². The molecular formula is C9H11N5. The van der Waals surface area contributed by atoms with Gasteiger partial charge in [0.25, 0.3) is 0 Å². The van der Waals surface area contributed by atoms with E-state index in [1.807, 2.05) is 30.3 Å². The molecule has 0 amide bonds. The Morgan fingerprint density at radius 1 is 1.29 bits per heavy atom. The zero-order chi connectivity index (χ0) is 9.80. The number of H-pyrrole nitrogens is 1. The van der Waals surface area contributed by atoms with Crippen LogP contribution >= 0.6 is 0 Å². The number of aromatic amines is 1. The van der Waals surface area contributed by atoms with Crippen molar-refractivity contribution in [2.75, 3.05) is 0 Å². The van der Waals surface area contributed by atoms with Gasteiger partial charge in [0, 0.05) is 0 Å². The molecule has 0 spiro atoms. The summed E-state index contributed by atoms with van der Waals surface area (Å²) in [6.45, 7) is 0. The number of benzene rings is 1. The first-order valence-corrected chi connectivity index (χ1v) is 4.39. The number of hydrogen-bond acceptors (Lipinski definition) is 4. The Labute approximate surface area is 81.3 Å². The van der Waals surface area contributed by atoms with Gasteiger partial charge in [-0.2, -0.15) is 5.21 Å². The Hall–Kier alpha value is -1.75. The summed E-state index contributed by atoms with van der Waals surface area (Å²) in [6.07, 6.45) is 0.723. The Morgan fingerprint density at radius 3 is 2.71 bits per heavy atom. The average molecular weight is 189 g/mol. The molecule has 2 aromatic rings. The lowest BCUT2D eigenvalue weighted by Gasteiger charge is -2.05. The molecule has 3 N–H and O–H groups in total. The van der Waals surface area contributed by atoms with Gasteiger partial charge in [0.1, 0.15) is 0 Å². The molecule has 0 radical (unpaired) electrons. The van der Waals surface area contributed by atoms with Crippen LogP contribution < -0.4 is 5.73 Å². The van der Waals surface area contributed by atoms with Crippen molar-refractivity contribution in [1.82, 2.24) is 20.6 Å². The molecule has 1 aromatic heterocycles. The van der Waals surface area contributed by atoms with Gasteiger partial charge in [-0.3, -0.25) is 0 Å². The van der Waals surface area contributed by atoms with Crippen LogP contribution in [0.15, 0.2) is 30.3 Å². The van der Waals surface area contributed by atoms with Crippen molar-refractivity contribution in [3.8, 4) is 0 Å². The van der Waals surface area contributed by atoms with Gasteiger partial charge in [0.15, 0.2) is 5.82 Å². The van der Waals surface area contributed by atoms with Crippen LogP contribution in [0.5, 0.6) is 0 Å². The third kappa shape index (κ3) is 1.94. The molecule has 72 valence electrons. The first-order valence-electron chi connectivity index (χ1n) is 4.39. The number of tetrazole rings is 1. The lowest BCUT2D eigenvalue weighted by molar-refractivity contribution is 0.669. The summed E-state index contributed by atoms with van der Waals surface area (Å²) in [7, 11) is 0. The van der Waals surface area contributed by atoms with Crippen LogP contribution in [0.1, 0.15) is 17.4 Å². The predicted octanol–water partition coefficient (Wildman–Crippen LogP) is 0.442. The SMILES string of the molecule is N[C@@H](Cc1ccccc1)c1nn[nH]n1. The van der Waals surface area contributed by atoms with Crippen molar-refractivity contribution >= 4 is 0 Å². The lowest BCUT2D eigenvalue weighted by Crippen LogP contribution is -2.15. The van der Waals surface area contributed by atoms with E-state index in [0.717, 1.165) is 6.42 Å². The van der Waals surface area contributed by atoms with Gasteiger partial charge in [-0.25, -0.2) is 0 Å². The number of nitrogens with two attached hydrogens (primary N) is 1. The van der Waals surface area contributed by atoms with Crippen LogP contribution in [-0.4, -0.2) is 20.6 Å². The monoisotopic (exact) mass is 189 g/mol. The quantitative estimate of drug-likeness (QED) is 0.734. The van der Waals surface area contributed by atoms with Crippen LogP contribution in [0.3, 0.4) is 0 Å². The van der Waals surface area contributed by atoms with Crippen LogP contribution in [0.2, 0.25) is 0 Å². The molecule has 0 aliphatic rings. The predicted molar refractivity (Wildman–Crippen MR) is 51.3 cm³/mol. The summed E-state index contributed by atoms with van der Waals surface area (Å²) in [5, 5.41) is 13.5. The van der Waals surface area contributed by atoms with Crippen LogP contribution in [0.4, 0.5) is 0 Å². The van der Waals surface area contributed by atoms with E-state index in [-0.39, 0.29) is 6.04 Å². The molecule has 0 saturated heterocycles. The number of aromatic nitrogens is 4. The van der Waals surface area contributed by atoms with Crippen LogP contribution in [-0.2, 0) is 6.42 Å². The van der Waals surface area contributed by atoms with Gasteiger partial charge in [0.2, 0.25) is 0 Å². The first-order chi connectivity index (χ1) is 6.86. The fourth-order valence-corrected chi connectivity index (χ4v) is 1.29. The Balaban J connectivity index is 2.06. The maximum absolute atomic E-state index is 5.89. The summed E-state index contributed by atoms with van der Waals surface area (Å²) in [5.41, 5.74) is 7.06. The number of nitrogens with zero attached hydrogens (tertiary/aromatic N) is 3. The van der Waals surface area contributed by atoms with Gasteiger partial charge in [-0.15, -0.1) is 10.2 Å². The first kappa shape index (κ1) is 8.83. The van der Waals surface area contributed by atoms with Crippen molar-refractivity contribution in [1.29, 1.82) is 0 Å². The van der Waals surface area contributed by atoms with E-state index in [4.69, 9.17) is 5.73 Å². The van der Waals surface area contributed by atoms with Crippen molar-refractivity contribution < 1.29 is 0 Å². The smallest absolute Gasteiger partial charge is 0.191 e. The minimum absolute atomic E-state index is 0.198. The van der Waals surface area contributed by atoms with Gasteiger partial charge < -0.3 is 5.73 Å². The van der Waals surface area contributed by atoms with E-state index < -0.39 is 0 Å². The molecular weight excluding hydrogens is 178 g/mol. The third-order valence-corrected chi connectivity index (χ3v) is 1.99. The molecule has 1 heterocycles. The normalized spacial score (nSPS) is 12.6. The van der Waals surface area contributed by atoms with Gasteiger partial charge >= 0.3 is 0 Å². The fraction of sp³-hybridized carbons (Fsp3) is 0.222. The van der Waals surface area contributed by atoms with Crippen molar-refractivity contribution in [3.63, 3.8) is 0 Å². The van der Waals surface area contributed by atoms with E-state index in [2.05, 4.69) is 20.6 Å². The highest BCUT2D eigenvalue weighted by Crippen LogP contribution is 2.10. The van der Waals surface area contributed by atoms with E-state index in [1.165, 1.54) is 5.56 Å². The molecule has 5 heteroatoms. The molecule has 0 unspecified atom stereocenters. The highest BCUT2D eigenvalue weighted by Gasteiger charge is 2.10. The zero-order valence-electron chi connectivity index (χ0n) is 7.59. The topological polar surface area (TPSA) is 80.5 Å². The standard InChI is InChI=1S/C9H11N5/c10-8(9-11-13-14-12-9)6-7-4-2-1-3-5-7/h1-5,8H,6,10H2,(H,11,12,13,14)/t8-/m0/s1. The lowest BCUT2D eigenvalue weighted by atomic mass is 10.1. The number of hydrogen-bond donors (Lipinski definition) is 2. The summed E-state index contributed by atoms with van der Waals surface area (Å²) < 4.78 is 0. The number of rotatable bonds is 3. The zero-order valence-corrected chi connectivity index (χ0v) is 7.59. The van der Waals surface area contributed by atoms with Crippen molar-refractivity contribution in [2.45, 2.75) is 12.5 Å². The summed E-state index contributed by atoms with van der Waals surface area (Å²) in [5.74, 6) is 0.550. The fourth-order valence-electron chi connectivity index (χ4n) is 1.29. The molecule has 0 fully saturated rings. The third-order valence-electron chi connectivity index (χ3n) is 1.99. The average Bonchev–Trinajstić information content (AvgIpc) is 2.72. The minimum atomic E-state index is -0.198. The Kier molecular flexibility index (Phi) is 2.51. The van der Waals surface area contributed by atoms with Gasteiger partial charge in [-0.1, -0.05) is 35.5 Å². The van der Waals surface area contributed by atoms with Crippen molar-refractivity contribution in [3.05, 3.63) is 41.7 Å². The highest BCUT2D eigenvalue weighted by molar-refractivity contribution is 5.16. The maximum atomic E-state index is 5.89. The summed E-state index contributed by atoms with van der Waals surface area (Å²) in [4.78, 5) is 0. The Morgan fingerprint density at radius 2 is 2.07 bits per heavy atom. The number of nitrogens with one attached hydrogen (secondary N) is 1.